The number of aliphatic hydroxyl groups is 3. The van der Waals surface area contributed by atoms with E-state index in [1.54, 1.807) is 30.3 Å². The van der Waals surface area contributed by atoms with Crippen molar-refractivity contribution in [1.29, 1.82) is 0 Å². The van der Waals surface area contributed by atoms with Crippen molar-refractivity contribution in [1.82, 2.24) is 10.2 Å². The van der Waals surface area contributed by atoms with Crippen LogP contribution in [0.25, 0.3) is 0 Å². The third kappa shape index (κ3) is 7.48. The summed E-state index contributed by atoms with van der Waals surface area (Å²) in [6.07, 6.45) is -8.23. The number of aliphatic hydroxyl groups excluding tert-OH is 3. The number of ether oxygens (including phenoxy) is 1. The minimum Gasteiger partial charge on any atom is -0.481 e. The van der Waals surface area contributed by atoms with Gasteiger partial charge in [-0.25, -0.2) is 0 Å². The lowest BCUT2D eigenvalue weighted by Crippen LogP contribution is -2.60. The van der Waals surface area contributed by atoms with E-state index < -0.39 is 86.1 Å². The first-order valence-electron chi connectivity index (χ1n) is 10.8. The minimum absolute atomic E-state index is 0.0617. The lowest BCUT2D eigenvalue weighted by atomic mass is 9.91. The third-order valence-corrected chi connectivity index (χ3v) is 5.57. The van der Waals surface area contributed by atoms with Gasteiger partial charge in [0.2, 0.25) is 11.8 Å². The van der Waals surface area contributed by atoms with Crippen LogP contribution in [0.1, 0.15) is 31.7 Å². The molecule has 0 aromatic heterocycles. The summed E-state index contributed by atoms with van der Waals surface area (Å²) in [6, 6.07) is 7.32. The maximum atomic E-state index is 13.1. The smallest absolute Gasteiger partial charge is 0.323 e. The highest BCUT2D eigenvalue weighted by Gasteiger charge is 2.44. The summed E-state index contributed by atoms with van der Waals surface area (Å²) < 4.78 is 5.54. The van der Waals surface area contributed by atoms with Gasteiger partial charge in [-0.05, 0) is 12.5 Å². The summed E-state index contributed by atoms with van der Waals surface area (Å²) in [5.74, 6) is -4.34. The number of amides is 2. The molecule has 1 heterocycles. The second kappa shape index (κ2) is 12.4. The van der Waals surface area contributed by atoms with Gasteiger partial charge in [0.25, 0.3) is 0 Å². The van der Waals surface area contributed by atoms with Gasteiger partial charge in [-0.15, -0.1) is 0 Å². The van der Waals surface area contributed by atoms with E-state index in [9.17, 15) is 39.6 Å². The molecule has 0 radical (unpaired) electrons. The Morgan fingerprint density at radius 1 is 0.971 bits per heavy atom. The number of nitrogens with zero attached hydrogens (tertiary/aromatic N) is 1. The van der Waals surface area contributed by atoms with Crippen molar-refractivity contribution in [3.8, 4) is 0 Å². The van der Waals surface area contributed by atoms with Gasteiger partial charge < -0.3 is 40.5 Å². The van der Waals surface area contributed by atoms with Gasteiger partial charge >= 0.3 is 11.9 Å². The lowest BCUT2D eigenvalue weighted by Gasteiger charge is -2.41. The average molecular weight is 482 g/mol. The Labute approximate surface area is 195 Å². The van der Waals surface area contributed by atoms with Crippen molar-refractivity contribution in [3.63, 3.8) is 0 Å². The van der Waals surface area contributed by atoms with E-state index in [0.717, 1.165) is 10.5 Å². The first kappa shape index (κ1) is 27.2. The highest BCUT2D eigenvalue weighted by Crippen LogP contribution is 2.26. The predicted molar refractivity (Wildman–Crippen MR) is 115 cm³/mol. The van der Waals surface area contributed by atoms with E-state index in [1.165, 1.54) is 6.92 Å². The molecule has 2 rings (SSSR count). The predicted octanol–water partition coefficient (Wildman–Crippen LogP) is -1.29. The summed E-state index contributed by atoms with van der Waals surface area (Å²) in [7, 11) is 0. The summed E-state index contributed by atoms with van der Waals surface area (Å²) in [5, 5.41) is 51.2. The van der Waals surface area contributed by atoms with Crippen LogP contribution >= 0.6 is 0 Å². The van der Waals surface area contributed by atoms with Crippen molar-refractivity contribution >= 4 is 23.8 Å². The number of nitrogens with one attached hydrogen (secondary N) is 1. The SMILES string of the molecule is CC1OC(CC(C(=O)NCc2ccccc2)N(CC(=O)O)C(=O)CCC(=O)O)C(O)C(O)C1O. The number of carboxylic acid groups (broad SMARTS) is 2. The van der Waals surface area contributed by atoms with Gasteiger partial charge in [-0.1, -0.05) is 30.3 Å². The zero-order chi connectivity index (χ0) is 25.4. The van der Waals surface area contributed by atoms with Crippen molar-refractivity contribution in [2.75, 3.05) is 6.54 Å². The number of hydrogen-bond donors (Lipinski definition) is 6. The molecule has 1 fully saturated rings. The second-order valence-electron chi connectivity index (χ2n) is 8.12. The van der Waals surface area contributed by atoms with E-state index in [2.05, 4.69) is 5.32 Å². The van der Waals surface area contributed by atoms with Crippen LogP contribution in [0.4, 0.5) is 0 Å². The molecular weight excluding hydrogens is 452 g/mol. The molecule has 0 bridgehead atoms. The molecule has 0 spiro atoms. The van der Waals surface area contributed by atoms with E-state index in [0.29, 0.717) is 0 Å². The molecule has 1 aliphatic heterocycles. The van der Waals surface area contributed by atoms with Gasteiger partial charge in [0, 0.05) is 19.4 Å². The molecule has 0 saturated carbocycles. The zero-order valence-corrected chi connectivity index (χ0v) is 18.6. The number of rotatable bonds is 11. The van der Waals surface area contributed by atoms with Gasteiger partial charge in [-0.3, -0.25) is 19.2 Å². The molecule has 1 aromatic rings. The largest absolute Gasteiger partial charge is 0.481 e. The van der Waals surface area contributed by atoms with Crippen LogP contribution < -0.4 is 5.32 Å². The molecule has 188 valence electrons. The number of benzene rings is 1. The summed E-state index contributed by atoms with van der Waals surface area (Å²) in [6.45, 7) is 0.613. The van der Waals surface area contributed by atoms with Gasteiger partial charge in [0.1, 0.15) is 30.9 Å². The fraction of sp³-hybridized carbons (Fsp3) is 0.545. The number of hydrogen-bond acceptors (Lipinski definition) is 8. The number of carbonyl (C=O) groups excluding carboxylic acids is 2. The van der Waals surface area contributed by atoms with Crippen LogP contribution in [-0.4, -0.2) is 97.3 Å². The fourth-order valence-electron chi connectivity index (χ4n) is 3.71. The molecule has 12 heteroatoms. The Morgan fingerprint density at radius 3 is 2.21 bits per heavy atom. The zero-order valence-electron chi connectivity index (χ0n) is 18.6. The van der Waals surface area contributed by atoms with Gasteiger partial charge in [-0.2, -0.15) is 0 Å². The Bertz CT molecular complexity index is 865. The summed E-state index contributed by atoms with van der Waals surface area (Å²) in [5.41, 5.74) is 0.734. The quantitative estimate of drug-likeness (QED) is 0.221. The monoisotopic (exact) mass is 482 g/mol. The molecule has 12 nitrogen and oxygen atoms in total. The molecule has 34 heavy (non-hydrogen) atoms. The standard InChI is InChI=1S/C22H30N2O10/c1-12-19(30)21(32)20(31)15(34-12)9-14(22(33)23-10-13-5-3-2-4-6-13)24(11-18(28)29)16(25)7-8-17(26)27/h2-6,12,14-15,19-21,30-32H,7-11H2,1H3,(H,23,33)(H,26,27)(H,28,29). The molecule has 6 unspecified atom stereocenters. The normalized spacial score (nSPS) is 25.2. The first-order valence-corrected chi connectivity index (χ1v) is 10.8. The van der Waals surface area contributed by atoms with Crippen LogP contribution in [0.5, 0.6) is 0 Å². The molecular formula is C22H30N2O10. The summed E-state index contributed by atoms with van der Waals surface area (Å²) in [4.78, 5) is 49.0. The maximum Gasteiger partial charge on any atom is 0.323 e. The Hall–Kier alpha value is -3.06. The third-order valence-electron chi connectivity index (χ3n) is 5.57. The summed E-state index contributed by atoms with van der Waals surface area (Å²) >= 11 is 0. The van der Waals surface area contributed by atoms with Crippen LogP contribution in [0, 0.1) is 0 Å². The van der Waals surface area contributed by atoms with Crippen LogP contribution in [0.15, 0.2) is 30.3 Å². The Balaban J connectivity index is 2.30. The fourth-order valence-corrected chi connectivity index (χ4v) is 3.71. The van der Waals surface area contributed by atoms with E-state index in [1.807, 2.05) is 0 Å². The van der Waals surface area contributed by atoms with Crippen LogP contribution in [0.2, 0.25) is 0 Å². The molecule has 0 aliphatic carbocycles. The highest BCUT2D eigenvalue weighted by molar-refractivity contribution is 5.90. The lowest BCUT2D eigenvalue weighted by molar-refractivity contribution is -0.221. The van der Waals surface area contributed by atoms with Crippen molar-refractivity contribution in [2.45, 2.75) is 69.3 Å². The highest BCUT2D eigenvalue weighted by atomic mass is 16.5. The molecule has 1 saturated heterocycles. The second-order valence-corrected chi connectivity index (χ2v) is 8.12. The number of carbonyl (C=O) groups is 4. The van der Waals surface area contributed by atoms with Crippen molar-refractivity contribution < 1.29 is 49.4 Å². The molecule has 1 aromatic carbocycles. The number of carboxylic acids is 2. The van der Waals surface area contributed by atoms with E-state index in [4.69, 9.17) is 9.84 Å². The minimum atomic E-state index is -1.61. The molecule has 2 amide bonds. The topological polar surface area (TPSA) is 194 Å². The Morgan fingerprint density at radius 2 is 1.62 bits per heavy atom. The maximum absolute atomic E-state index is 13.1. The van der Waals surface area contributed by atoms with E-state index >= 15 is 0 Å². The molecule has 1 aliphatic rings. The van der Waals surface area contributed by atoms with Crippen molar-refractivity contribution in [2.24, 2.45) is 0 Å². The van der Waals surface area contributed by atoms with Crippen LogP contribution in [-0.2, 0) is 30.5 Å². The average Bonchev–Trinajstić information content (AvgIpc) is 2.80. The first-order chi connectivity index (χ1) is 16.0. The van der Waals surface area contributed by atoms with Crippen molar-refractivity contribution in [3.05, 3.63) is 35.9 Å². The van der Waals surface area contributed by atoms with E-state index in [-0.39, 0.29) is 6.54 Å². The Kier molecular flexibility index (Phi) is 9.93. The molecule has 6 N–H and O–H groups in total. The van der Waals surface area contributed by atoms with Crippen LogP contribution in [0.3, 0.4) is 0 Å². The van der Waals surface area contributed by atoms with Gasteiger partial charge in [0.05, 0.1) is 18.6 Å². The molecule has 6 atom stereocenters. The number of aliphatic carboxylic acids is 2. The van der Waals surface area contributed by atoms with Gasteiger partial charge in [0.15, 0.2) is 0 Å².